The van der Waals surface area contributed by atoms with E-state index in [1.807, 2.05) is 0 Å². The minimum Gasteiger partial charge on any atom is -0.390 e. The summed E-state index contributed by atoms with van der Waals surface area (Å²) in [4.78, 5) is 15.7. The van der Waals surface area contributed by atoms with E-state index in [4.69, 9.17) is 11.5 Å². The van der Waals surface area contributed by atoms with Crippen LogP contribution in [0.15, 0.2) is 9.52 Å². The smallest absolute Gasteiger partial charge is 0.390 e. The van der Waals surface area contributed by atoms with Crippen molar-refractivity contribution in [2.45, 2.75) is 0 Å². The normalized spacial score (nSPS) is 9.33. The molecule has 64 valence electrons. The molecule has 0 bridgehead atoms. The molecule has 0 fully saturated rings. The van der Waals surface area contributed by atoms with Crippen molar-refractivity contribution in [1.29, 1.82) is 0 Å². The Morgan fingerprint density at radius 2 is 2.33 bits per heavy atom. The Kier molecular flexibility index (Phi) is 1.86. The number of nitro groups is 1. The highest BCUT2D eigenvalue weighted by Gasteiger charge is 2.17. The lowest BCUT2D eigenvalue weighted by atomic mass is 11.0. The number of hydrogen-bond acceptors (Lipinski definition) is 6. The number of hydrogen-bond donors (Lipinski definition) is 2. The molecule has 9 heteroatoms. The molecule has 0 saturated heterocycles. The van der Waals surface area contributed by atoms with Crippen LogP contribution >= 0.6 is 0 Å². The lowest BCUT2D eigenvalue weighted by molar-refractivity contribution is -0.395. The standard InChI is InChI=1S/C3H4N6O3/c4-1(5)6-3-7-2(8-12-3)9(10)11/h(H4,4,5,6,7,8). The van der Waals surface area contributed by atoms with Crippen molar-refractivity contribution in [1.82, 2.24) is 10.1 Å². The largest absolute Gasteiger partial charge is 0.512 e. The van der Waals surface area contributed by atoms with Gasteiger partial charge in [-0.1, -0.05) is 0 Å². The summed E-state index contributed by atoms with van der Waals surface area (Å²) in [5.41, 5.74) is 9.88. The van der Waals surface area contributed by atoms with Gasteiger partial charge in [0.15, 0.2) is 5.96 Å². The number of aromatic nitrogens is 2. The van der Waals surface area contributed by atoms with Gasteiger partial charge in [0.2, 0.25) is 0 Å². The van der Waals surface area contributed by atoms with E-state index >= 15 is 0 Å². The molecule has 9 nitrogen and oxygen atoms in total. The molecule has 0 aliphatic heterocycles. The molecule has 0 unspecified atom stereocenters. The van der Waals surface area contributed by atoms with Crippen LogP contribution in [0.3, 0.4) is 0 Å². The van der Waals surface area contributed by atoms with Crippen molar-refractivity contribution >= 4 is 17.9 Å². The van der Waals surface area contributed by atoms with Gasteiger partial charge in [-0.15, -0.1) is 4.99 Å². The monoisotopic (exact) mass is 172 g/mol. The fraction of sp³-hybridized carbons (Fsp3) is 0. The Balaban J connectivity index is 2.92. The van der Waals surface area contributed by atoms with Crippen molar-refractivity contribution in [2.24, 2.45) is 16.5 Å². The number of nitrogens with two attached hydrogens (primary N) is 2. The van der Waals surface area contributed by atoms with Gasteiger partial charge in [0, 0.05) is 0 Å². The summed E-state index contributed by atoms with van der Waals surface area (Å²) in [5.74, 6) is -0.997. The lowest BCUT2D eigenvalue weighted by Crippen LogP contribution is -2.21. The zero-order valence-electron chi connectivity index (χ0n) is 5.67. The van der Waals surface area contributed by atoms with E-state index < -0.39 is 10.9 Å². The van der Waals surface area contributed by atoms with Crippen LogP contribution in [0.4, 0.5) is 12.0 Å². The van der Waals surface area contributed by atoms with Crippen molar-refractivity contribution in [3.05, 3.63) is 10.1 Å². The Labute approximate surface area is 65.2 Å². The van der Waals surface area contributed by atoms with Gasteiger partial charge in [0.25, 0.3) is 0 Å². The van der Waals surface area contributed by atoms with Crippen molar-refractivity contribution < 1.29 is 9.45 Å². The van der Waals surface area contributed by atoms with Crippen LogP contribution < -0.4 is 11.5 Å². The van der Waals surface area contributed by atoms with Crippen LogP contribution in [0, 0.1) is 10.1 Å². The van der Waals surface area contributed by atoms with Crippen LogP contribution in [0.2, 0.25) is 0 Å². The molecule has 1 heterocycles. The van der Waals surface area contributed by atoms with Crippen molar-refractivity contribution in [2.75, 3.05) is 0 Å². The van der Waals surface area contributed by atoms with Gasteiger partial charge in [0.1, 0.15) is 5.16 Å². The molecule has 1 rings (SSSR count). The molecule has 1 aromatic heterocycles. The highest BCUT2D eigenvalue weighted by Crippen LogP contribution is 2.11. The fourth-order valence-electron chi connectivity index (χ4n) is 0.438. The summed E-state index contributed by atoms with van der Waals surface area (Å²) in [6.07, 6.45) is 0. The first kappa shape index (κ1) is 7.91. The molecule has 0 aromatic carbocycles. The first-order valence-corrected chi connectivity index (χ1v) is 2.67. The van der Waals surface area contributed by atoms with Gasteiger partial charge in [0.05, 0.1) is 0 Å². The molecule has 0 atom stereocenters. The summed E-state index contributed by atoms with van der Waals surface area (Å²) in [7, 11) is 0. The minimum absolute atomic E-state index is 0.312. The zero-order chi connectivity index (χ0) is 9.14. The Bertz CT molecular complexity index is 325. The van der Waals surface area contributed by atoms with E-state index in [2.05, 4.69) is 19.7 Å². The van der Waals surface area contributed by atoms with Gasteiger partial charge >= 0.3 is 12.0 Å². The van der Waals surface area contributed by atoms with Crippen molar-refractivity contribution in [3.8, 4) is 0 Å². The summed E-state index contributed by atoms with van der Waals surface area (Å²) in [5, 5.41) is 13.0. The second-order valence-corrected chi connectivity index (χ2v) is 1.67. The first-order valence-electron chi connectivity index (χ1n) is 2.67. The Hall–Kier alpha value is -2.19. The summed E-state index contributed by atoms with van der Waals surface area (Å²) >= 11 is 0. The second-order valence-electron chi connectivity index (χ2n) is 1.67. The highest BCUT2D eigenvalue weighted by atomic mass is 16.6. The Morgan fingerprint density at radius 3 is 2.75 bits per heavy atom. The van der Waals surface area contributed by atoms with Crippen LogP contribution in [0.1, 0.15) is 0 Å². The number of nitrogens with zero attached hydrogens (tertiary/aromatic N) is 4. The van der Waals surface area contributed by atoms with Gasteiger partial charge in [-0.3, -0.25) is 0 Å². The van der Waals surface area contributed by atoms with Gasteiger partial charge in [-0.05, 0) is 9.91 Å². The summed E-state index contributed by atoms with van der Waals surface area (Å²) in [6, 6.07) is -0.346. The quantitative estimate of drug-likeness (QED) is 0.248. The SMILES string of the molecule is NC(N)=Nc1nc([N+](=O)[O-])no1. The van der Waals surface area contributed by atoms with Crippen LogP contribution in [-0.2, 0) is 0 Å². The number of aliphatic imine (C=N–C) groups is 1. The average molecular weight is 172 g/mol. The molecule has 1 aromatic rings. The maximum atomic E-state index is 10.0. The second kappa shape index (κ2) is 2.82. The molecule has 0 radical (unpaired) electrons. The molecule has 4 N–H and O–H groups in total. The first-order chi connectivity index (χ1) is 5.59. The third kappa shape index (κ3) is 1.65. The van der Waals surface area contributed by atoms with Gasteiger partial charge in [-0.25, -0.2) is 4.52 Å². The third-order valence-corrected chi connectivity index (χ3v) is 0.793. The van der Waals surface area contributed by atoms with E-state index in [1.54, 1.807) is 0 Å². The highest BCUT2D eigenvalue weighted by molar-refractivity contribution is 5.77. The van der Waals surface area contributed by atoms with Crippen LogP contribution in [0.25, 0.3) is 0 Å². The maximum absolute atomic E-state index is 10.0. The summed E-state index contributed by atoms with van der Waals surface area (Å²) < 4.78 is 4.29. The van der Waals surface area contributed by atoms with E-state index in [0.29, 0.717) is 0 Å². The zero-order valence-corrected chi connectivity index (χ0v) is 5.67. The minimum atomic E-state index is -0.824. The topological polar surface area (TPSA) is 146 Å². The Morgan fingerprint density at radius 1 is 1.67 bits per heavy atom. The van der Waals surface area contributed by atoms with E-state index in [-0.39, 0.29) is 12.0 Å². The predicted molar refractivity (Wildman–Crippen MR) is 36.4 cm³/mol. The molecule has 0 aliphatic rings. The maximum Gasteiger partial charge on any atom is 0.512 e. The van der Waals surface area contributed by atoms with E-state index in [1.165, 1.54) is 0 Å². The molecular formula is C3H4N6O3. The van der Waals surface area contributed by atoms with Crippen molar-refractivity contribution in [3.63, 3.8) is 0 Å². The third-order valence-electron chi connectivity index (χ3n) is 0.793. The van der Waals surface area contributed by atoms with Crippen LogP contribution in [-0.4, -0.2) is 21.0 Å². The number of guanidine groups is 1. The lowest BCUT2D eigenvalue weighted by Gasteiger charge is -1.81. The number of rotatable bonds is 2. The molecule has 0 aliphatic carbocycles. The van der Waals surface area contributed by atoms with Crippen LogP contribution in [0.5, 0.6) is 0 Å². The van der Waals surface area contributed by atoms with Gasteiger partial charge < -0.3 is 21.6 Å². The predicted octanol–water partition coefficient (Wildman–Crippen LogP) is -1.12. The summed E-state index contributed by atoms with van der Waals surface area (Å²) in [6.45, 7) is 0. The fourth-order valence-corrected chi connectivity index (χ4v) is 0.438. The molecule has 0 amide bonds. The molecule has 12 heavy (non-hydrogen) atoms. The van der Waals surface area contributed by atoms with Gasteiger partial charge in [-0.2, -0.15) is 0 Å². The molecular weight excluding hydrogens is 168 g/mol. The molecule has 0 spiro atoms. The molecule has 0 saturated carbocycles. The van der Waals surface area contributed by atoms with E-state index in [9.17, 15) is 10.1 Å². The van der Waals surface area contributed by atoms with E-state index in [0.717, 1.165) is 0 Å². The average Bonchev–Trinajstić information content (AvgIpc) is 2.34.